The van der Waals surface area contributed by atoms with Crippen molar-refractivity contribution in [2.45, 2.75) is 12.4 Å². The molecular formula is C9H7ClF2N2S. The summed E-state index contributed by atoms with van der Waals surface area (Å²) in [7, 11) is 0. The summed E-state index contributed by atoms with van der Waals surface area (Å²) in [6.07, 6.45) is 0. The molecule has 2 aromatic rings. The molecule has 0 spiro atoms. The molecule has 0 bridgehead atoms. The van der Waals surface area contributed by atoms with Crippen LogP contribution in [0.25, 0.3) is 10.6 Å². The third kappa shape index (κ3) is 2.03. The highest BCUT2D eigenvalue weighted by Crippen LogP contribution is 2.26. The Balaban J connectivity index is 2.43. The van der Waals surface area contributed by atoms with Gasteiger partial charge >= 0.3 is 6.55 Å². The first-order valence-corrected chi connectivity index (χ1v) is 5.60. The van der Waals surface area contributed by atoms with Crippen LogP contribution in [0.2, 0.25) is 0 Å². The smallest absolute Gasteiger partial charge is 0.207 e. The maximum atomic E-state index is 12.5. The molecule has 0 saturated carbocycles. The van der Waals surface area contributed by atoms with Crippen molar-refractivity contribution in [1.82, 2.24) is 9.78 Å². The van der Waals surface area contributed by atoms with Crippen LogP contribution in [0.3, 0.4) is 0 Å². The van der Waals surface area contributed by atoms with Gasteiger partial charge in [-0.3, -0.25) is 0 Å². The van der Waals surface area contributed by atoms with Crippen molar-refractivity contribution < 1.29 is 8.78 Å². The number of rotatable bonds is 3. The molecule has 0 aliphatic rings. The Morgan fingerprint density at radius 2 is 2.33 bits per heavy atom. The third-order valence-electron chi connectivity index (χ3n) is 1.91. The first kappa shape index (κ1) is 10.6. The fourth-order valence-corrected chi connectivity index (χ4v) is 2.13. The summed E-state index contributed by atoms with van der Waals surface area (Å²) in [5, 5.41) is 5.69. The highest BCUT2D eigenvalue weighted by atomic mass is 35.5. The van der Waals surface area contributed by atoms with Gasteiger partial charge in [0, 0.05) is 0 Å². The summed E-state index contributed by atoms with van der Waals surface area (Å²) < 4.78 is 25.7. The normalized spacial score (nSPS) is 11.2. The molecule has 0 unspecified atom stereocenters. The van der Waals surface area contributed by atoms with Crippen LogP contribution in [0, 0.1) is 0 Å². The molecule has 15 heavy (non-hydrogen) atoms. The standard InChI is InChI=1S/C9H7ClF2N2S/c10-5-6-4-7(8-2-1-3-15-8)13-14(6)9(11)12/h1-4,9H,5H2. The van der Waals surface area contributed by atoms with Crippen LogP contribution in [0.1, 0.15) is 12.2 Å². The zero-order valence-electron chi connectivity index (χ0n) is 7.53. The summed E-state index contributed by atoms with van der Waals surface area (Å²) in [5.41, 5.74) is 0.871. The number of hydrogen-bond donors (Lipinski definition) is 0. The second-order valence-electron chi connectivity index (χ2n) is 2.85. The minimum absolute atomic E-state index is 0.0305. The molecule has 0 aromatic carbocycles. The summed E-state index contributed by atoms with van der Waals surface area (Å²) in [4.78, 5) is 0.862. The lowest BCUT2D eigenvalue weighted by atomic mass is 10.3. The molecule has 0 radical (unpaired) electrons. The Labute approximate surface area is 94.1 Å². The van der Waals surface area contributed by atoms with Crippen LogP contribution >= 0.6 is 22.9 Å². The SMILES string of the molecule is FC(F)n1nc(-c2cccs2)cc1CCl. The maximum absolute atomic E-state index is 12.5. The van der Waals surface area contributed by atoms with Gasteiger partial charge < -0.3 is 0 Å². The largest absolute Gasteiger partial charge is 0.333 e. The first-order chi connectivity index (χ1) is 7.22. The van der Waals surface area contributed by atoms with E-state index in [1.807, 2.05) is 17.5 Å². The highest BCUT2D eigenvalue weighted by molar-refractivity contribution is 7.13. The Kier molecular flexibility index (Phi) is 3.02. The lowest BCUT2D eigenvalue weighted by Crippen LogP contribution is -2.03. The molecule has 0 fully saturated rings. The minimum Gasteiger partial charge on any atom is -0.207 e. The number of aromatic nitrogens is 2. The predicted molar refractivity (Wildman–Crippen MR) is 56.4 cm³/mol. The van der Waals surface area contributed by atoms with Crippen molar-refractivity contribution in [3.8, 4) is 10.6 Å². The Morgan fingerprint density at radius 1 is 1.53 bits per heavy atom. The van der Waals surface area contributed by atoms with Gasteiger partial charge in [-0.2, -0.15) is 13.9 Å². The molecule has 0 amide bonds. The van der Waals surface area contributed by atoms with Crippen molar-refractivity contribution in [2.75, 3.05) is 0 Å². The third-order valence-corrected chi connectivity index (χ3v) is 3.07. The Bertz CT molecular complexity index is 439. The molecule has 0 saturated heterocycles. The number of halogens is 3. The average Bonchev–Trinajstić information content (AvgIpc) is 2.86. The minimum atomic E-state index is -2.65. The highest BCUT2D eigenvalue weighted by Gasteiger charge is 2.15. The van der Waals surface area contributed by atoms with E-state index in [4.69, 9.17) is 11.6 Å². The fraction of sp³-hybridized carbons (Fsp3) is 0.222. The number of hydrogen-bond acceptors (Lipinski definition) is 2. The summed E-state index contributed by atoms with van der Waals surface area (Å²) in [6, 6.07) is 5.27. The molecule has 6 heteroatoms. The van der Waals surface area contributed by atoms with E-state index in [0.29, 0.717) is 16.1 Å². The van der Waals surface area contributed by atoms with Crippen molar-refractivity contribution in [2.24, 2.45) is 0 Å². The lowest BCUT2D eigenvalue weighted by molar-refractivity contribution is 0.0544. The molecule has 2 nitrogen and oxygen atoms in total. The van der Waals surface area contributed by atoms with Crippen molar-refractivity contribution in [3.63, 3.8) is 0 Å². The second kappa shape index (κ2) is 4.28. The summed E-state index contributed by atoms with van der Waals surface area (Å²) in [5.74, 6) is 0.0305. The van der Waals surface area contributed by atoms with Crippen molar-refractivity contribution >= 4 is 22.9 Å². The van der Waals surface area contributed by atoms with E-state index in [9.17, 15) is 8.78 Å². The molecule has 0 atom stereocenters. The van der Waals surface area contributed by atoms with E-state index in [1.165, 1.54) is 11.3 Å². The van der Waals surface area contributed by atoms with Crippen LogP contribution in [-0.2, 0) is 5.88 Å². The Hall–Kier alpha value is -0.940. The molecule has 0 N–H and O–H groups in total. The monoisotopic (exact) mass is 248 g/mol. The predicted octanol–water partition coefficient (Wildman–Crippen LogP) is 3.75. The van der Waals surface area contributed by atoms with Gasteiger partial charge in [-0.15, -0.1) is 22.9 Å². The van der Waals surface area contributed by atoms with E-state index in [-0.39, 0.29) is 5.88 Å². The van der Waals surface area contributed by atoms with Crippen LogP contribution in [-0.4, -0.2) is 9.78 Å². The number of nitrogens with zero attached hydrogens (tertiary/aromatic N) is 2. The molecule has 80 valence electrons. The zero-order chi connectivity index (χ0) is 10.8. The van der Waals surface area contributed by atoms with E-state index in [1.54, 1.807) is 6.07 Å². The van der Waals surface area contributed by atoms with E-state index in [2.05, 4.69) is 5.10 Å². The van der Waals surface area contributed by atoms with Crippen LogP contribution in [0.5, 0.6) is 0 Å². The van der Waals surface area contributed by atoms with Gasteiger partial charge in [0.25, 0.3) is 0 Å². The van der Waals surface area contributed by atoms with E-state index >= 15 is 0 Å². The van der Waals surface area contributed by atoms with Gasteiger partial charge in [-0.05, 0) is 17.5 Å². The van der Waals surface area contributed by atoms with Gasteiger partial charge in [-0.25, -0.2) is 4.68 Å². The molecule has 2 rings (SSSR count). The lowest BCUT2D eigenvalue weighted by Gasteiger charge is -2.01. The van der Waals surface area contributed by atoms with Crippen LogP contribution in [0.15, 0.2) is 23.6 Å². The summed E-state index contributed by atoms with van der Waals surface area (Å²) in [6.45, 7) is -2.65. The molecule has 0 aliphatic heterocycles. The Morgan fingerprint density at radius 3 is 2.80 bits per heavy atom. The van der Waals surface area contributed by atoms with Gasteiger partial charge in [0.2, 0.25) is 0 Å². The van der Waals surface area contributed by atoms with Gasteiger partial charge in [0.1, 0.15) is 5.69 Å². The molecule has 2 aromatic heterocycles. The fourth-order valence-electron chi connectivity index (χ4n) is 1.25. The molecule has 0 aliphatic carbocycles. The van der Waals surface area contributed by atoms with Gasteiger partial charge in [0.15, 0.2) is 0 Å². The van der Waals surface area contributed by atoms with Gasteiger partial charge in [0.05, 0.1) is 16.5 Å². The number of alkyl halides is 3. The average molecular weight is 249 g/mol. The molecular weight excluding hydrogens is 242 g/mol. The van der Waals surface area contributed by atoms with Gasteiger partial charge in [-0.1, -0.05) is 6.07 Å². The van der Waals surface area contributed by atoms with Crippen molar-refractivity contribution in [3.05, 3.63) is 29.3 Å². The first-order valence-electron chi connectivity index (χ1n) is 4.19. The van der Waals surface area contributed by atoms with Crippen molar-refractivity contribution in [1.29, 1.82) is 0 Å². The topological polar surface area (TPSA) is 17.8 Å². The summed E-state index contributed by atoms with van der Waals surface area (Å²) >= 11 is 7.02. The van der Waals surface area contributed by atoms with E-state index in [0.717, 1.165) is 4.88 Å². The van der Waals surface area contributed by atoms with Crippen LogP contribution < -0.4 is 0 Å². The van der Waals surface area contributed by atoms with Crippen LogP contribution in [0.4, 0.5) is 8.78 Å². The zero-order valence-corrected chi connectivity index (χ0v) is 9.10. The molecule has 2 heterocycles. The number of thiophene rings is 1. The second-order valence-corrected chi connectivity index (χ2v) is 4.07. The quantitative estimate of drug-likeness (QED) is 0.757. The maximum Gasteiger partial charge on any atom is 0.333 e. The van der Waals surface area contributed by atoms with E-state index < -0.39 is 6.55 Å².